The lowest BCUT2D eigenvalue weighted by atomic mass is 10.1. The van der Waals surface area contributed by atoms with Gasteiger partial charge in [-0.2, -0.15) is 4.80 Å². The molecule has 0 aliphatic rings. The molecule has 3 rings (SSSR count). The van der Waals surface area contributed by atoms with Gasteiger partial charge in [-0.1, -0.05) is 0 Å². The van der Waals surface area contributed by atoms with Crippen LogP contribution in [0.25, 0.3) is 16.7 Å². The second-order valence-corrected chi connectivity index (χ2v) is 6.93. The zero-order valence-electron chi connectivity index (χ0n) is 12.3. The molecule has 5 nitrogen and oxygen atoms in total. The van der Waals surface area contributed by atoms with Gasteiger partial charge >= 0.3 is 0 Å². The summed E-state index contributed by atoms with van der Waals surface area (Å²) in [5.41, 5.74) is 11.3. The maximum atomic E-state index is 6.03. The van der Waals surface area contributed by atoms with Crippen molar-refractivity contribution < 1.29 is 4.74 Å². The van der Waals surface area contributed by atoms with Gasteiger partial charge in [0.1, 0.15) is 16.8 Å². The average molecular weight is 473 g/mol. The predicted octanol–water partition coefficient (Wildman–Crippen LogP) is 4.00. The molecule has 2 N–H and O–H groups in total. The van der Waals surface area contributed by atoms with Crippen molar-refractivity contribution in [2.24, 2.45) is 0 Å². The number of nitrogen functional groups attached to an aromatic ring is 1. The minimum atomic E-state index is 0.525. The van der Waals surface area contributed by atoms with Crippen LogP contribution in [0.5, 0.6) is 5.75 Å². The van der Waals surface area contributed by atoms with Gasteiger partial charge in [0, 0.05) is 9.64 Å². The molecule has 0 unspecified atom stereocenters. The fourth-order valence-electron chi connectivity index (χ4n) is 2.33. The maximum Gasteiger partial charge on any atom is 0.145 e. The van der Waals surface area contributed by atoms with Crippen molar-refractivity contribution in [3.8, 4) is 11.4 Å². The third-order valence-electron chi connectivity index (χ3n) is 3.49. The zero-order valence-corrected chi connectivity index (χ0v) is 16.1. The average Bonchev–Trinajstić information content (AvgIpc) is 2.92. The number of halogens is 2. The van der Waals surface area contributed by atoms with E-state index in [4.69, 9.17) is 10.5 Å². The highest BCUT2D eigenvalue weighted by atomic mass is 127. The molecule has 0 aliphatic carbocycles. The fourth-order valence-corrected chi connectivity index (χ4v) is 3.12. The van der Waals surface area contributed by atoms with E-state index in [-0.39, 0.29) is 0 Å². The van der Waals surface area contributed by atoms with Gasteiger partial charge in [0.25, 0.3) is 0 Å². The Hall–Kier alpha value is -1.35. The van der Waals surface area contributed by atoms with Crippen molar-refractivity contribution >= 4 is 55.2 Å². The summed E-state index contributed by atoms with van der Waals surface area (Å²) in [6.07, 6.45) is 0. The molecule has 7 heteroatoms. The van der Waals surface area contributed by atoms with Crippen LogP contribution in [0.4, 0.5) is 5.69 Å². The topological polar surface area (TPSA) is 66.0 Å². The minimum absolute atomic E-state index is 0.525. The number of methoxy groups -OCH3 is 1. The SMILES string of the molecule is COc1cc2nn(-c3cc(C)c(I)c(C)c3)nc2c(Br)c1N. The Labute approximate surface area is 150 Å². The summed E-state index contributed by atoms with van der Waals surface area (Å²) in [6.45, 7) is 4.16. The van der Waals surface area contributed by atoms with E-state index in [9.17, 15) is 0 Å². The van der Waals surface area contributed by atoms with Crippen molar-refractivity contribution in [1.82, 2.24) is 15.0 Å². The Balaban J connectivity index is 2.23. The van der Waals surface area contributed by atoms with E-state index < -0.39 is 0 Å². The molecule has 22 heavy (non-hydrogen) atoms. The number of aromatic nitrogens is 3. The van der Waals surface area contributed by atoms with Gasteiger partial charge in [-0.25, -0.2) is 0 Å². The van der Waals surface area contributed by atoms with E-state index in [0.29, 0.717) is 21.4 Å². The number of benzene rings is 2. The van der Waals surface area contributed by atoms with Gasteiger partial charge in [-0.05, 0) is 75.6 Å². The largest absolute Gasteiger partial charge is 0.494 e. The van der Waals surface area contributed by atoms with Crippen LogP contribution >= 0.6 is 38.5 Å². The Kier molecular flexibility index (Phi) is 4.02. The van der Waals surface area contributed by atoms with Crippen LogP contribution in [-0.4, -0.2) is 22.1 Å². The zero-order chi connectivity index (χ0) is 16.0. The van der Waals surface area contributed by atoms with Crippen LogP contribution in [0.3, 0.4) is 0 Å². The first-order chi connectivity index (χ1) is 10.4. The molecule has 0 atom stereocenters. The van der Waals surface area contributed by atoms with Crippen LogP contribution in [0.2, 0.25) is 0 Å². The van der Waals surface area contributed by atoms with Crippen molar-refractivity contribution in [2.45, 2.75) is 13.8 Å². The highest BCUT2D eigenvalue weighted by Crippen LogP contribution is 2.35. The predicted molar refractivity (Wildman–Crippen MR) is 99.7 cm³/mol. The number of hydrogen-bond donors (Lipinski definition) is 1. The molecule has 0 amide bonds. The summed E-state index contributed by atoms with van der Waals surface area (Å²) in [5.74, 6) is 0.585. The van der Waals surface area contributed by atoms with E-state index in [1.807, 2.05) is 0 Å². The summed E-state index contributed by atoms with van der Waals surface area (Å²) in [7, 11) is 1.58. The second kappa shape index (κ2) is 5.69. The van der Waals surface area contributed by atoms with Crippen molar-refractivity contribution in [3.05, 3.63) is 37.4 Å². The van der Waals surface area contributed by atoms with Crippen LogP contribution in [0, 0.1) is 17.4 Å². The molecule has 0 saturated carbocycles. The van der Waals surface area contributed by atoms with E-state index in [1.54, 1.807) is 18.0 Å². The van der Waals surface area contributed by atoms with Crippen molar-refractivity contribution in [3.63, 3.8) is 0 Å². The van der Waals surface area contributed by atoms with E-state index >= 15 is 0 Å². The molecular formula is C15H14BrIN4O. The molecule has 1 aromatic heterocycles. The smallest absolute Gasteiger partial charge is 0.145 e. The number of fused-ring (bicyclic) bond motifs is 1. The molecule has 3 aromatic rings. The first-order valence-corrected chi connectivity index (χ1v) is 8.45. The summed E-state index contributed by atoms with van der Waals surface area (Å²) in [5, 5.41) is 9.09. The van der Waals surface area contributed by atoms with Gasteiger partial charge < -0.3 is 10.5 Å². The Morgan fingerprint density at radius 3 is 2.41 bits per heavy atom. The lowest BCUT2D eigenvalue weighted by Gasteiger charge is -2.06. The molecule has 0 saturated heterocycles. The number of nitrogens with two attached hydrogens (primary N) is 1. The molecular weight excluding hydrogens is 459 g/mol. The Morgan fingerprint density at radius 2 is 1.82 bits per heavy atom. The monoisotopic (exact) mass is 472 g/mol. The molecule has 0 spiro atoms. The first-order valence-electron chi connectivity index (χ1n) is 6.58. The third-order valence-corrected chi connectivity index (χ3v) is 5.99. The van der Waals surface area contributed by atoms with E-state index in [2.05, 4.69) is 74.7 Å². The molecule has 0 radical (unpaired) electrons. The number of hydrogen-bond acceptors (Lipinski definition) is 4. The highest BCUT2D eigenvalue weighted by Gasteiger charge is 2.15. The lowest BCUT2D eigenvalue weighted by Crippen LogP contribution is -2.01. The van der Waals surface area contributed by atoms with Gasteiger partial charge in [0.05, 0.1) is 23.0 Å². The fraction of sp³-hybridized carbons (Fsp3) is 0.200. The number of ether oxygens (including phenoxy) is 1. The molecule has 114 valence electrons. The van der Waals surface area contributed by atoms with Gasteiger partial charge in [0.2, 0.25) is 0 Å². The third kappa shape index (κ3) is 2.45. The van der Waals surface area contributed by atoms with Crippen LogP contribution in [0.15, 0.2) is 22.7 Å². The van der Waals surface area contributed by atoms with Crippen LogP contribution in [-0.2, 0) is 0 Å². The minimum Gasteiger partial charge on any atom is -0.494 e. The summed E-state index contributed by atoms with van der Waals surface area (Å²) in [6, 6.07) is 5.94. The molecule has 1 heterocycles. The molecule has 2 aromatic carbocycles. The molecule has 0 bridgehead atoms. The molecule has 0 fully saturated rings. The number of rotatable bonds is 2. The van der Waals surface area contributed by atoms with Crippen LogP contribution in [0.1, 0.15) is 11.1 Å². The molecule has 0 aliphatic heterocycles. The van der Waals surface area contributed by atoms with Crippen molar-refractivity contribution in [1.29, 1.82) is 0 Å². The normalized spacial score (nSPS) is 11.1. The van der Waals surface area contributed by atoms with E-state index in [1.165, 1.54) is 14.7 Å². The Bertz CT molecular complexity index is 868. The summed E-state index contributed by atoms with van der Waals surface area (Å²) in [4.78, 5) is 1.63. The van der Waals surface area contributed by atoms with Gasteiger partial charge in [-0.3, -0.25) is 0 Å². The van der Waals surface area contributed by atoms with E-state index in [0.717, 1.165) is 11.2 Å². The number of aryl methyl sites for hydroxylation is 2. The number of anilines is 1. The maximum absolute atomic E-state index is 6.03. The lowest BCUT2D eigenvalue weighted by molar-refractivity contribution is 0.417. The summed E-state index contributed by atoms with van der Waals surface area (Å²) < 4.78 is 7.23. The van der Waals surface area contributed by atoms with Crippen molar-refractivity contribution in [2.75, 3.05) is 12.8 Å². The quantitative estimate of drug-likeness (QED) is 0.452. The second-order valence-electron chi connectivity index (χ2n) is 5.06. The van der Waals surface area contributed by atoms with Gasteiger partial charge in [0.15, 0.2) is 0 Å². The highest BCUT2D eigenvalue weighted by molar-refractivity contribution is 14.1. The number of nitrogens with zero attached hydrogens (tertiary/aromatic N) is 3. The first kappa shape index (κ1) is 15.5. The summed E-state index contributed by atoms with van der Waals surface area (Å²) >= 11 is 5.82. The Morgan fingerprint density at radius 1 is 1.18 bits per heavy atom. The van der Waals surface area contributed by atoms with Gasteiger partial charge in [-0.15, -0.1) is 10.2 Å². The standard InChI is InChI=1S/C15H14BrIN4O/c1-7-4-9(5-8(2)13(7)17)21-19-10-6-11(22-3)14(18)12(16)15(10)20-21/h4-6H,18H2,1-3H3. The van der Waals surface area contributed by atoms with Crippen LogP contribution < -0.4 is 10.5 Å².